The van der Waals surface area contributed by atoms with Gasteiger partial charge in [0, 0.05) is 5.69 Å². The lowest BCUT2D eigenvalue weighted by atomic mass is 10.1. The van der Waals surface area contributed by atoms with Crippen molar-refractivity contribution in [2.24, 2.45) is 0 Å². The Kier molecular flexibility index (Phi) is 5.97. The topological polar surface area (TPSA) is 113 Å². The molecule has 0 atom stereocenters. The largest absolute Gasteiger partial charge is 0.491 e. The second kappa shape index (κ2) is 8.16. The second-order valence-corrected chi connectivity index (χ2v) is 5.39. The van der Waals surface area contributed by atoms with Crippen molar-refractivity contribution in [2.75, 3.05) is 11.9 Å². The molecule has 0 unspecified atom stereocenters. The Morgan fingerprint density at radius 3 is 2.16 bits per heavy atom. The summed E-state index contributed by atoms with van der Waals surface area (Å²) in [7, 11) is 0. The highest BCUT2D eigenvalue weighted by molar-refractivity contribution is 6.32. The van der Waals surface area contributed by atoms with Crippen molar-refractivity contribution in [1.29, 1.82) is 0 Å². The summed E-state index contributed by atoms with van der Waals surface area (Å²) < 4.78 is 5.39. The molecule has 0 radical (unpaired) electrons. The SMILES string of the molecule is O=C(CCOc1ccccc1Cl)Nc1cc(C(=O)O)cc(C(=O)O)c1. The second-order valence-electron chi connectivity index (χ2n) is 4.99. The number of hydrogen-bond acceptors (Lipinski definition) is 4. The van der Waals surface area contributed by atoms with Crippen LogP contribution in [0.15, 0.2) is 42.5 Å². The van der Waals surface area contributed by atoms with E-state index in [1.807, 2.05) is 0 Å². The molecule has 8 heteroatoms. The predicted octanol–water partition coefficient (Wildman–Crippen LogP) is 3.14. The first-order valence-corrected chi connectivity index (χ1v) is 7.53. The van der Waals surface area contributed by atoms with E-state index in [2.05, 4.69) is 5.32 Å². The highest BCUT2D eigenvalue weighted by Crippen LogP contribution is 2.23. The average Bonchev–Trinajstić information content (AvgIpc) is 2.56. The molecular weight excluding hydrogens is 350 g/mol. The molecule has 2 rings (SSSR count). The van der Waals surface area contributed by atoms with E-state index in [9.17, 15) is 14.4 Å². The normalized spacial score (nSPS) is 10.1. The van der Waals surface area contributed by atoms with E-state index in [0.717, 1.165) is 6.07 Å². The van der Waals surface area contributed by atoms with Gasteiger partial charge in [-0.05, 0) is 30.3 Å². The molecule has 3 N–H and O–H groups in total. The number of nitrogens with one attached hydrogen (secondary N) is 1. The van der Waals surface area contributed by atoms with Gasteiger partial charge in [-0.3, -0.25) is 4.79 Å². The van der Waals surface area contributed by atoms with E-state index in [-0.39, 0.29) is 29.8 Å². The van der Waals surface area contributed by atoms with Crippen LogP contribution >= 0.6 is 11.6 Å². The summed E-state index contributed by atoms with van der Waals surface area (Å²) in [5.74, 6) is -2.59. The van der Waals surface area contributed by atoms with Crippen LogP contribution in [0.3, 0.4) is 0 Å². The first-order chi connectivity index (χ1) is 11.9. The van der Waals surface area contributed by atoms with Crippen LogP contribution in [0.25, 0.3) is 0 Å². The number of ether oxygens (including phenoxy) is 1. The van der Waals surface area contributed by atoms with Crippen LogP contribution in [-0.4, -0.2) is 34.7 Å². The Bertz CT molecular complexity index is 788. The number of hydrogen-bond donors (Lipinski definition) is 3. The van der Waals surface area contributed by atoms with Crippen LogP contribution < -0.4 is 10.1 Å². The van der Waals surface area contributed by atoms with Gasteiger partial charge in [0.2, 0.25) is 5.91 Å². The zero-order valence-corrected chi connectivity index (χ0v) is 13.6. The van der Waals surface area contributed by atoms with Crippen molar-refractivity contribution in [2.45, 2.75) is 6.42 Å². The third kappa shape index (κ3) is 5.22. The molecule has 25 heavy (non-hydrogen) atoms. The average molecular weight is 364 g/mol. The van der Waals surface area contributed by atoms with Crippen LogP contribution in [0.2, 0.25) is 5.02 Å². The fourth-order valence-corrected chi connectivity index (χ4v) is 2.18. The van der Waals surface area contributed by atoms with Gasteiger partial charge in [-0.15, -0.1) is 0 Å². The van der Waals surface area contributed by atoms with Gasteiger partial charge in [-0.25, -0.2) is 9.59 Å². The lowest BCUT2D eigenvalue weighted by Gasteiger charge is -2.09. The summed E-state index contributed by atoms with van der Waals surface area (Å²) in [4.78, 5) is 34.0. The lowest BCUT2D eigenvalue weighted by Crippen LogP contribution is -2.16. The zero-order chi connectivity index (χ0) is 18.4. The molecule has 0 fully saturated rings. The first kappa shape index (κ1) is 18.3. The molecule has 130 valence electrons. The van der Waals surface area contributed by atoms with Crippen LogP contribution in [0.1, 0.15) is 27.1 Å². The highest BCUT2D eigenvalue weighted by atomic mass is 35.5. The molecular formula is C17H14ClNO6. The van der Waals surface area contributed by atoms with E-state index >= 15 is 0 Å². The number of rotatable bonds is 7. The van der Waals surface area contributed by atoms with Crippen LogP contribution in [-0.2, 0) is 4.79 Å². The number of carbonyl (C=O) groups excluding carboxylic acids is 1. The number of aromatic carboxylic acids is 2. The van der Waals surface area contributed by atoms with Crippen molar-refractivity contribution in [3.8, 4) is 5.75 Å². The third-order valence-corrected chi connectivity index (χ3v) is 3.45. The molecule has 2 aromatic rings. The van der Waals surface area contributed by atoms with Gasteiger partial charge < -0.3 is 20.3 Å². The maximum absolute atomic E-state index is 11.9. The fraction of sp³-hybridized carbons (Fsp3) is 0.118. The van der Waals surface area contributed by atoms with Crippen molar-refractivity contribution < 1.29 is 29.3 Å². The molecule has 2 aromatic carbocycles. The Hall–Kier alpha value is -3.06. The number of amides is 1. The summed E-state index contributed by atoms with van der Waals surface area (Å²) >= 11 is 5.93. The number of benzene rings is 2. The summed E-state index contributed by atoms with van der Waals surface area (Å²) in [6, 6.07) is 10.2. The number of anilines is 1. The van der Waals surface area contributed by atoms with E-state index in [1.165, 1.54) is 12.1 Å². The Morgan fingerprint density at radius 1 is 1.00 bits per heavy atom. The number of para-hydroxylation sites is 1. The number of halogens is 1. The molecule has 1 amide bonds. The molecule has 0 aliphatic rings. The van der Waals surface area contributed by atoms with Crippen molar-refractivity contribution >= 4 is 35.1 Å². The van der Waals surface area contributed by atoms with Gasteiger partial charge in [-0.1, -0.05) is 23.7 Å². The van der Waals surface area contributed by atoms with Crippen LogP contribution in [0.5, 0.6) is 5.75 Å². The maximum atomic E-state index is 11.9. The van der Waals surface area contributed by atoms with E-state index in [1.54, 1.807) is 24.3 Å². The molecule has 0 saturated heterocycles. The third-order valence-electron chi connectivity index (χ3n) is 3.13. The smallest absolute Gasteiger partial charge is 0.335 e. The molecule has 0 aromatic heterocycles. The molecule has 0 spiro atoms. The minimum Gasteiger partial charge on any atom is -0.491 e. The standard InChI is InChI=1S/C17H14ClNO6/c18-13-3-1-2-4-14(13)25-6-5-15(20)19-12-8-10(16(21)22)7-11(9-12)17(23)24/h1-4,7-9H,5-6H2,(H,19,20)(H,21,22)(H,23,24). The van der Waals surface area contributed by atoms with Crippen molar-refractivity contribution in [1.82, 2.24) is 0 Å². The monoisotopic (exact) mass is 363 g/mol. The fourth-order valence-electron chi connectivity index (χ4n) is 1.99. The molecule has 0 aliphatic heterocycles. The minimum absolute atomic E-state index is 0.0229. The van der Waals surface area contributed by atoms with Gasteiger partial charge in [0.15, 0.2) is 0 Å². The van der Waals surface area contributed by atoms with Crippen molar-refractivity contribution in [3.63, 3.8) is 0 Å². The minimum atomic E-state index is -1.29. The van der Waals surface area contributed by atoms with E-state index < -0.39 is 17.8 Å². The summed E-state index contributed by atoms with van der Waals surface area (Å²) in [6.07, 6.45) is -0.0229. The first-order valence-electron chi connectivity index (χ1n) is 7.15. The Balaban J connectivity index is 1.99. The molecule has 0 bridgehead atoms. The van der Waals surface area contributed by atoms with Gasteiger partial charge in [0.25, 0.3) is 0 Å². The van der Waals surface area contributed by atoms with Gasteiger partial charge in [-0.2, -0.15) is 0 Å². The Morgan fingerprint density at radius 2 is 1.60 bits per heavy atom. The van der Waals surface area contributed by atoms with Gasteiger partial charge in [0.05, 0.1) is 29.2 Å². The quantitative estimate of drug-likeness (QED) is 0.696. The lowest BCUT2D eigenvalue weighted by molar-refractivity contribution is -0.116. The van der Waals surface area contributed by atoms with E-state index in [4.69, 9.17) is 26.6 Å². The highest BCUT2D eigenvalue weighted by Gasteiger charge is 2.13. The number of carboxylic acids is 2. The van der Waals surface area contributed by atoms with E-state index in [0.29, 0.717) is 10.8 Å². The predicted molar refractivity (Wildman–Crippen MR) is 90.6 cm³/mol. The number of carbonyl (C=O) groups is 3. The molecule has 7 nitrogen and oxygen atoms in total. The molecule has 0 saturated carbocycles. The van der Waals surface area contributed by atoms with Crippen molar-refractivity contribution in [3.05, 3.63) is 58.6 Å². The molecule has 0 heterocycles. The number of carboxylic acid groups (broad SMARTS) is 2. The van der Waals surface area contributed by atoms with Crippen LogP contribution in [0.4, 0.5) is 5.69 Å². The summed E-state index contributed by atoms with van der Waals surface area (Å²) in [5, 5.41) is 20.9. The Labute approximate surface area is 147 Å². The van der Waals surface area contributed by atoms with Gasteiger partial charge >= 0.3 is 11.9 Å². The van der Waals surface area contributed by atoms with Gasteiger partial charge in [0.1, 0.15) is 5.75 Å². The van der Waals surface area contributed by atoms with Crippen LogP contribution in [0, 0.1) is 0 Å². The molecule has 0 aliphatic carbocycles. The maximum Gasteiger partial charge on any atom is 0.335 e. The summed E-state index contributed by atoms with van der Waals surface area (Å²) in [5.41, 5.74) is -0.384. The zero-order valence-electron chi connectivity index (χ0n) is 12.9. The summed E-state index contributed by atoms with van der Waals surface area (Å²) in [6.45, 7) is 0.0555.